The van der Waals surface area contributed by atoms with Crippen molar-refractivity contribution >= 4 is 23.2 Å². The number of anilines is 2. The zero-order chi connectivity index (χ0) is 24.5. The van der Waals surface area contributed by atoms with Crippen LogP contribution in [0.1, 0.15) is 54.3 Å². The maximum atomic E-state index is 13.4. The van der Waals surface area contributed by atoms with Gasteiger partial charge in [-0.2, -0.15) is 13.2 Å². The van der Waals surface area contributed by atoms with Gasteiger partial charge in [0.1, 0.15) is 5.69 Å². The van der Waals surface area contributed by atoms with Crippen molar-refractivity contribution in [2.24, 2.45) is 0 Å². The Morgan fingerprint density at radius 3 is 2.32 bits per heavy atom. The van der Waals surface area contributed by atoms with Crippen molar-refractivity contribution < 1.29 is 22.8 Å². The molecule has 34 heavy (non-hydrogen) atoms. The van der Waals surface area contributed by atoms with Crippen LogP contribution in [0.5, 0.6) is 0 Å². The molecule has 0 N–H and O–H groups in total. The van der Waals surface area contributed by atoms with Crippen LogP contribution < -0.4 is 9.80 Å². The lowest BCUT2D eigenvalue weighted by Gasteiger charge is -2.43. The molecule has 4 rings (SSSR count). The topological polar surface area (TPSA) is 53.5 Å². The third-order valence-electron chi connectivity index (χ3n) is 6.00. The van der Waals surface area contributed by atoms with Crippen molar-refractivity contribution in [3.63, 3.8) is 0 Å². The second-order valence-electron chi connectivity index (χ2n) is 8.22. The summed E-state index contributed by atoms with van der Waals surface area (Å²) < 4.78 is 38.7. The van der Waals surface area contributed by atoms with E-state index in [4.69, 9.17) is 0 Å². The van der Waals surface area contributed by atoms with Gasteiger partial charge in [-0.3, -0.25) is 14.6 Å². The number of carbonyl (C=O) groups is 2. The van der Waals surface area contributed by atoms with Gasteiger partial charge in [-0.15, -0.1) is 0 Å². The quantitative estimate of drug-likeness (QED) is 0.471. The summed E-state index contributed by atoms with van der Waals surface area (Å²) in [6.07, 6.45) is -2.82. The van der Waals surface area contributed by atoms with E-state index in [0.29, 0.717) is 18.5 Å². The summed E-state index contributed by atoms with van der Waals surface area (Å²) in [4.78, 5) is 33.2. The van der Waals surface area contributed by atoms with Gasteiger partial charge >= 0.3 is 6.18 Å². The number of amides is 2. The Hall–Kier alpha value is -3.68. The number of halogens is 3. The predicted molar refractivity (Wildman–Crippen MR) is 124 cm³/mol. The molecule has 2 aromatic carbocycles. The smallest absolute Gasteiger partial charge is 0.305 e. The number of para-hydroxylation sites is 2. The van der Waals surface area contributed by atoms with Gasteiger partial charge in [0.25, 0.3) is 5.91 Å². The SMILES string of the molecule is CCC(=O)N(c1ccccc1)[C@@H]1C[C@H](C)N(C(=O)c2ccc(C(F)(F)F)nc2)c2ccccc21. The van der Waals surface area contributed by atoms with E-state index in [0.717, 1.165) is 29.6 Å². The number of benzene rings is 2. The molecule has 1 aliphatic rings. The highest BCUT2D eigenvalue weighted by molar-refractivity contribution is 6.07. The van der Waals surface area contributed by atoms with Crippen molar-refractivity contribution in [2.45, 2.75) is 44.9 Å². The van der Waals surface area contributed by atoms with Crippen molar-refractivity contribution in [2.75, 3.05) is 9.80 Å². The van der Waals surface area contributed by atoms with Crippen LogP contribution in [0, 0.1) is 0 Å². The van der Waals surface area contributed by atoms with Gasteiger partial charge in [0.2, 0.25) is 5.91 Å². The number of rotatable bonds is 4. The second kappa shape index (κ2) is 9.29. The van der Waals surface area contributed by atoms with E-state index >= 15 is 0 Å². The Balaban J connectivity index is 1.74. The molecule has 1 aliphatic heterocycles. The van der Waals surface area contributed by atoms with E-state index in [-0.39, 0.29) is 23.6 Å². The van der Waals surface area contributed by atoms with Crippen LogP contribution in [-0.4, -0.2) is 22.8 Å². The lowest BCUT2D eigenvalue weighted by Crippen LogP contribution is -2.47. The lowest BCUT2D eigenvalue weighted by molar-refractivity contribution is -0.141. The van der Waals surface area contributed by atoms with Crippen molar-refractivity contribution in [1.82, 2.24) is 4.98 Å². The Morgan fingerprint density at radius 2 is 1.71 bits per heavy atom. The summed E-state index contributed by atoms with van der Waals surface area (Å²) in [5.41, 5.74) is 1.22. The van der Waals surface area contributed by atoms with E-state index < -0.39 is 17.8 Å². The van der Waals surface area contributed by atoms with E-state index in [1.807, 2.05) is 56.3 Å². The van der Waals surface area contributed by atoms with Crippen LogP contribution in [0.2, 0.25) is 0 Å². The molecule has 176 valence electrons. The summed E-state index contributed by atoms with van der Waals surface area (Å²) in [6.45, 7) is 3.68. The van der Waals surface area contributed by atoms with Crippen molar-refractivity contribution in [3.8, 4) is 0 Å². The average molecular weight is 467 g/mol. The molecule has 0 aliphatic carbocycles. The molecule has 2 heterocycles. The number of aromatic nitrogens is 1. The molecule has 3 aromatic rings. The molecule has 0 radical (unpaired) electrons. The summed E-state index contributed by atoms with van der Waals surface area (Å²) in [6, 6.07) is 18.1. The average Bonchev–Trinajstić information content (AvgIpc) is 2.84. The fourth-order valence-corrected chi connectivity index (χ4v) is 4.42. The Kier molecular flexibility index (Phi) is 6.41. The summed E-state index contributed by atoms with van der Waals surface area (Å²) in [5.74, 6) is -0.474. The number of carbonyl (C=O) groups excluding carboxylic acids is 2. The Bertz CT molecular complexity index is 1180. The molecule has 1 aromatic heterocycles. The molecule has 0 saturated carbocycles. The number of alkyl halides is 3. The standard InChI is InChI=1S/C26H24F3N3O2/c1-3-24(33)32(19-9-5-4-6-10-19)22-15-17(2)31(21-12-8-7-11-20(21)22)25(34)18-13-14-23(30-16-18)26(27,28)29/h4-14,16-17,22H,3,15H2,1-2H3/t17-,22+/m0/s1. The first-order valence-corrected chi connectivity index (χ1v) is 11.0. The third kappa shape index (κ3) is 4.40. The zero-order valence-corrected chi connectivity index (χ0v) is 18.8. The minimum Gasteiger partial charge on any atom is -0.305 e. The van der Waals surface area contributed by atoms with Crippen molar-refractivity contribution in [3.05, 3.63) is 89.7 Å². The molecule has 0 spiro atoms. The molecule has 2 atom stereocenters. The van der Waals surface area contributed by atoms with Crippen LogP contribution in [0.4, 0.5) is 24.5 Å². The van der Waals surface area contributed by atoms with Gasteiger partial charge in [-0.05, 0) is 49.2 Å². The molecular weight excluding hydrogens is 443 g/mol. The highest BCUT2D eigenvalue weighted by Gasteiger charge is 2.39. The molecule has 2 amide bonds. The normalized spacial score (nSPS) is 17.7. The number of pyridine rings is 1. The largest absolute Gasteiger partial charge is 0.433 e. The lowest BCUT2D eigenvalue weighted by atomic mass is 9.89. The first-order chi connectivity index (χ1) is 16.2. The van der Waals surface area contributed by atoms with Crippen LogP contribution >= 0.6 is 0 Å². The maximum Gasteiger partial charge on any atom is 0.433 e. The minimum absolute atomic E-state index is 0.0371. The number of hydrogen-bond acceptors (Lipinski definition) is 3. The van der Waals surface area contributed by atoms with E-state index in [1.54, 1.807) is 21.9 Å². The van der Waals surface area contributed by atoms with Crippen LogP contribution in [0.25, 0.3) is 0 Å². The number of fused-ring (bicyclic) bond motifs is 1. The molecule has 0 bridgehead atoms. The molecule has 5 nitrogen and oxygen atoms in total. The van der Waals surface area contributed by atoms with Crippen LogP contribution in [0.3, 0.4) is 0 Å². The van der Waals surface area contributed by atoms with Crippen molar-refractivity contribution in [1.29, 1.82) is 0 Å². The van der Waals surface area contributed by atoms with Crippen LogP contribution in [0.15, 0.2) is 72.9 Å². The van der Waals surface area contributed by atoms with E-state index in [1.165, 1.54) is 0 Å². The van der Waals surface area contributed by atoms with Gasteiger partial charge in [0.15, 0.2) is 0 Å². The number of hydrogen-bond donors (Lipinski definition) is 0. The maximum absolute atomic E-state index is 13.4. The Labute approximate surface area is 195 Å². The first kappa shape index (κ1) is 23.5. The fourth-order valence-electron chi connectivity index (χ4n) is 4.42. The second-order valence-corrected chi connectivity index (χ2v) is 8.22. The number of nitrogens with zero attached hydrogens (tertiary/aromatic N) is 3. The zero-order valence-electron chi connectivity index (χ0n) is 18.8. The Morgan fingerprint density at radius 1 is 1.03 bits per heavy atom. The summed E-state index contributed by atoms with van der Waals surface area (Å²) >= 11 is 0. The summed E-state index contributed by atoms with van der Waals surface area (Å²) in [5, 5.41) is 0. The van der Waals surface area contributed by atoms with Gasteiger partial charge < -0.3 is 9.80 Å². The van der Waals surface area contributed by atoms with Gasteiger partial charge in [0.05, 0.1) is 11.6 Å². The van der Waals surface area contributed by atoms with Crippen LogP contribution in [-0.2, 0) is 11.0 Å². The highest BCUT2D eigenvalue weighted by atomic mass is 19.4. The highest BCUT2D eigenvalue weighted by Crippen LogP contribution is 2.43. The molecule has 0 unspecified atom stereocenters. The molecule has 0 saturated heterocycles. The van der Waals surface area contributed by atoms with Gasteiger partial charge in [-0.25, -0.2) is 0 Å². The van der Waals surface area contributed by atoms with Gasteiger partial charge in [-0.1, -0.05) is 43.3 Å². The van der Waals surface area contributed by atoms with E-state index in [2.05, 4.69) is 4.98 Å². The molecule has 0 fully saturated rings. The monoisotopic (exact) mass is 467 g/mol. The summed E-state index contributed by atoms with van der Waals surface area (Å²) in [7, 11) is 0. The van der Waals surface area contributed by atoms with Gasteiger partial charge in [0, 0.05) is 30.0 Å². The fraction of sp³-hybridized carbons (Fsp3) is 0.269. The molecule has 8 heteroatoms. The third-order valence-corrected chi connectivity index (χ3v) is 6.00. The molecular formula is C26H24F3N3O2. The van der Waals surface area contributed by atoms with E-state index in [9.17, 15) is 22.8 Å². The minimum atomic E-state index is -4.58. The predicted octanol–water partition coefficient (Wildman–Crippen LogP) is 6.02. The first-order valence-electron chi connectivity index (χ1n) is 11.0.